The molecule has 0 unspecified atom stereocenters. The molecule has 0 fully saturated rings. The van der Waals surface area contributed by atoms with E-state index in [2.05, 4.69) is 11.6 Å². The third kappa shape index (κ3) is 4.00. The fourth-order valence-corrected chi connectivity index (χ4v) is 2.42. The average Bonchev–Trinajstić information content (AvgIpc) is 3.02. The Bertz CT molecular complexity index is 866. The number of hydrogen-bond donors (Lipinski definition) is 0. The number of rotatable bonds is 7. The lowest BCUT2D eigenvalue weighted by Crippen LogP contribution is -2.07. The van der Waals surface area contributed by atoms with Gasteiger partial charge in [0.2, 0.25) is 5.90 Å². The number of carbonyl (C=O) groups excluding carboxylic acids is 1. The van der Waals surface area contributed by atoms with Crippen molar-refractivity contribution in [2.75, 3.05) is 13.2 Å². The van der Waals surface area contributed by atoms with Crippen LogP contribution in [0.4, 0.5) is 0 Å². The van der Waals surface area contributed by atoms with Gasteiger partial charge >= 0.3 is 5.97 Å². The van der Waals surface area contributed by atoms with Crippen LogP contribution >= 0.6 is 0 Å². The summed E-state index contributed by atoms with van der Waals surface area (Å²) < 4.78 is 16.3. The average molecular weight is 349 g/mol. The minimum absolute atomic E-state index is 0.242. The van der Waals surface area contributed by atoms with E-state index in [1.807, 2.05) is 55.5 Å². The van der Waals surface area contributed by atoms with E-state index in [0.29, 0.717) is 24.5 Å². The van der Waals surface area contributed by atoms with Crippen LogP contribution in [0, 0.1) is 0 Å². The topological polar surface area (TPSA) is 57.1 Å². The molecule has 0 saturated carbocycles. The number of benzene rings is 2. The molecule has 2 aromatic carbocycles. The van der Waals surface area contributed by atoms with Crippen molar-refractivity contribution in [3.63, 3.8) is 0 Å². The van der Waals surface area contributed by atoms with E-state index in [-0.39, 0.29) is 11.6 Å². The Balaban J connectivity index is 1.84. The van der Waals surface area contributed by atoms with Gasteiger partial charge in [0.15, 0.2) is 5.70 Å². The summed E-state index contributed by atoms with van der Waals surface area (Å²) >= 11 is 0. The van der Waals surface area contributed by atoms with Crippen molar-refractivity contribution in [3.05, 3.63) is 78.0 Å². The molecule has 0 N–H and O–H groups in total. The van der Waals surface area contributed by atoms with Gasteiger partial charge in [-0.2, -0.15) is 0 Å². The third-order valence-electron chi connectivity index (χ3n) is 3.59. The Morgan fingerprint density at radius 3 is 2.62 bits per heavy atom. The quantitative estimate of drug-likeness (QED) is 0.431. The van der Waals surface area contributed by atoms with Gasteiger partial charge in [0.05, 0.1) is 12.2 Å². The van der Waals surface area contributed by atoms with E-state index in [1.54, 1.807) is 12.2 Å². The van der Waals surface area contributed by atoms with Gasteiger partial charge in [-0.25, -0.2) is 9.79 Å². The summed E-state index contributed by atoms with van der Waals surface area (Å²) in [4.78, 5) is 16.5. The summed E-state index contributed by atoms with van der Waals surface area (Å²) in [6.45, 7) is 6.47. The Labute approximate surface area is 152 Å². The van der Waals surface area contributed by atoms with Crippen molar-refractivity contribution in [1.29, 1.82) is 0 Å². The van der Waals surface area contributed by atoms with Gasteiger partial charge in [-0.3, -0.25) is 0 Å². The van der Waals surface area contributed by atoms with Gasteiger partial charge in [-0.15, -0.1) is 0 Å². The molecule has 1 heterocycles. The highest BCUT2D eigenvalue weighted by molar-refractivity contribution is 6.13. The molecule has 0 atom stereocenters. The number of hydrogen-bond acceptors (Lipinski definition) is 5. The lowest BCUT2D eigenvalue weighted by molar-refractivity contribution is -0.129. The zero-order valence-corrected chi connectivity index (χ0v) is 14.5. The van der Waals surface area contributed by atoms with E-state index >= 15 is 0 Å². The molecule has 1 aliphatic heterocycles. The molecule has 5 nitrogen and oxygen atoms in total. The fraction of sp³-hybridized carbons (Fsp3) is 0.143. The van der Waals surface area contributed by atoms with Crippen LogP contribution in [0.1, 0.15) is 18.1 Å². The Hall–Kier alpha value is -3.34. The first-order valence-corrected chi connectivity index (χ1v) is 8.29. The maximum absolute atomic E-state index is 12.2. The molecule has 26 heavy (non-hydrogen) atoms. The van der Waals surface area contributed by atoms with Crippen LogP contribution in [0.2, 0.25) is 0 Å². The van der Waals surface area contributed by atoms with Gasteiger partial charge in [0, 0.05) is 0 Å². The second-order valence-electron chi connectivity index (χ2n) is 5.43. The molecule has 0 amide bonds. The summed E-state index contributed by atoms with van der Waals surface area (Å²) in [5.74, 6) is 1.12. The number of esters is 1. The zero-order chi connectivity index (χ0) is 18.4. The molecular formula is C21H19NO4. The normalized spacial score (nSPS) is 14.7. The number of nitrogens with zero attached hydrogens (tertiary/aromatic N) is 1. The van der Waals surface area contributed by atoms with Crippen molar-refractivity contribution in [1.82, 2.24) is 0 Å². The largest absolute Gasteiger partial charge is 0.493 e. The van der Waals surface area contributed by atoms with Gasteiger partial charge in [-0.05, 0) is 42.8 Å². The Kier molecular flexibility index (Phi) is 5.49. The van der Waals surface area contributed by atoms with Crippen LogP contribution in [-0.2, 0) is 9.53 Å². The molecule has 0 spiro atoms. The molecular weight excluding hydrogens is 330 g/mol. The minimum Gasteiger partial charge on any atom is -0.493 e. The smallest absolute Gasteiger partial charge is 0.363 e. The summed E-state index contributed by atoms with van der Waals surface area (Å²) in [5, 5.41) is 0. The third-order valence-corrected chi connectivity index (χ3v) is 3.59. The Morgan fingerprint density at radius 2 is 1.88 bits per heavy atom. The highest BCUT2D eigenvalue weighted by Gasteiger charge is 2.26. The van der Waals surface area contributed by atoms with Crippen molar-refractivity contribution in [3.8, 4) is 11.5 Å². The highest BCUT2D eigenvalue weighted by Crippen LogP contribution is 2.25. The second kappa shape index (κ2) is 8.16. The molecule has 3 rings (SSSR count). The van der Waals surface area contributed by atoms with E-state index in [0.717, 1.165) is 11.3 Å². The van der Waals surface area contributed by atoms with E-state index in [1.165, 1.54) is 0 Å². The molecule has 1 aliphatic rings. The SMILES string of the molecule is C=CCOc1ccc(/C=C2\N=C(c3ccccc3OCC)OC2=O)cc1. The van der Waals surface area contributed by atoms with Gasteiger partial charge < -0.3 is 14.2 Å². The van der Waals surface area contributed by atoms with E-state index < -0.39 is 5.97 Å². The van der Waals surface area contributed by atoms with Crippen molar-refractivity contribution in [2.45, 2.75) is 6.92 Å². The molecule has 2 aromatic rings. The second-order valence-corrected chi connectivity index (χ2v) is 5.43. The van der Waals surface area contributed by atoms with Gasteiger partial charge in [0.25, 0.3) is 0 Å². The minimum atomic E-state index is -0.488. The summed E-state index contributed by atoms with van der Waals surface area (Å²) in [6, 6.07) is 14.7. The first kappa shape index (κ1) is 17.5. The van der Waals surface area contributed by atoms with Crippen LogP contribution in [0.5, 0.6) is 11.5 Å². The van der Waals surface area contributed by atoms with Gasteiger partial charge in [-0.1, -0.05) is 36.9 Å². The molecule has 132 valence electrons. The van der Waals surface area contributed by atoms with Crippen LogP contribution in [0.15, 0.2) is 71.9 Å². The lowest BCUT2D eigenvalue weighted by atomic mass is 10.2. The fourth-order valence-electron chi connectivity index (χ4n) is 2.42. The van der Waals surface area contributed by atoms with E-state index in [4.69, 9.17) is 14.2 Å². The van der Waals surface area contributed by atoms with Crippen molar-refractivity contribution >= 4 is 17.9 Å². The van der Waals surface area contributed by atoms with Crippen LogP contribution in [-0.4, -0.2) is 25.1 Å². The van der Waals surface area contributed by atoms with E-state index in [9.17, 15) is 4.79 Å². The Morgan fingerprint density at radius 1 is 1.12 bits per heavy atom. The summed E-state index contributed by atoms with van der Waals surface area (Å²) in [6.07, 6.45) is 3.36. The van der Waals surface area contributed by atoms with Crippen LogP contribution < -0.4 is 9.47 Å². The molecule has 0 saturated heterocycles. The molecule has 0 bridgehead atoms. The van der Waals surface area contributed by atoms with Gasteiger partial charge in [0.1, 0.15) is 18.1 Å². The summed E-state index contributed by atoms with van der Waals surface area (Å²) in [7, 11) is 0. The molecule has 0 aliphatic carbocycles. The first-order chi connectivity index (χ1) is 12.7. The maximum Gasteiger partial charge on any atom is 0.363 e. The molecule has 0 radical (unpaired) electrons. The monoisotopic (exact) mass is 349 g/mol. The maximum atomic E-state index is 12.2. The number of aliphatic imine (C=N–C) groups is 1. The number of para-hydroxylation sites is 1. The van der Waals surface area contributed by atoms with Crippen LogP contribution in [0.25, 0.3) is 6.08 Å². The highest BCUT2D eigenvalue weighted by atomic mass is 16.6. The van der Waals surface area contributed by atoms with Crippen LogP contribution in [0.3, 0.4) is 0 Å². The molecule has 5 heteroatoms. The number of ether oxygens (including phenoxy) is 3. The predicted molar refractivity (Wildman–Crippen MR) is 100 cm³/mol. The van der Waals surface area contributed by atoms with Crippen molar-refractivity contribution in [2.24, 2.45) is 4.99 Å². The van der Waals surface area contributed by atoms with Crippen molar-refractivity contribution < 1.29 is 19.0 Å². The zero-order valence-electron chi connectivity index (χ0n) is 14.5. The predicted octanol–water partition coefficient (Wildman–Crippen LogP) is 3.99. The first-order valence-electron chi connectivity index (χ1n) is 8.29. The lowest BCUT2D eigenvalue weighted by Gasteiger charge is -2.08. The molecule has 0 aromatic heterocycles. The number of carbonyl (C=O) groups is 1. The summed E-state index contributed by atoms with van der Waals surface area (Å²) in [5.41, 5.74) is 1.72. The standard InChI is InChI=1S/C21H19NO4/c1-3-13-25-16-11-9-15(10-12-16)14-18-21(23)26-20(22-18)17-7-5-6-8-19(17)24-4-2/h3,5-12,14H,1,4,13H2,2H3/b18-14-. The number of cyclic esters (lactones) is 1.